The van der Waals surface area contributed by atoms with Gasteiger partial charge >= 0.3 is 0 Å². The van der Waals surface area contributed by atoms with Gasteiger partial charge in [0.15, 0.2) is 0 Å². The zero-order chi connectivity index (χ0) is 19.5. The monoisotopic (exact) mass is 382 g/mol. The summed E-state index contributed by atoms with van der Waals surface area (Å²) < 4.78 is 20.4. The van der Waals surface area contributed by atoms with E-state index >= 15 is 0 Å². The molecular formula is C20H23FN6O. The lowest BCUT2D eigenvalue weighted by molar-refractivity contribution is 0.122. The standard InChI is InChI=1S/C20H23FN6O/c1-14(18-12-24-27(15(18)2)17-5-3-16(21)4-6-17)25-19-11-20(23-13-22-19)26-7-9-28-10-8-26/h3-6,11-14H,7-10H2,1-2H3,(H,22,23,25). The van der Waals surface area contributed by atoms with Crippen molar-refractivity contribution in [2.75, 3.05) is 36.5 Å². The molecule has 1 saturated heterocycles. The summed E-state index contributed by atoms with van der Waals surface area (Å²) in [5.41, 5.74) is 2.87. The molecule has 0 radical (unpaired) electrons. The highest BCUT2D eigenvalue weighted by Gasteiger charge is 2.17. The van der Waals surface area contributed by atoms with Crippen LogP contribution in [0.25, 0.3) is 5.69 Å². The molecule has 1 atom stereocenters. The van der Waals surface area contributed by atoms with Crippen molar-refractivity contribution >= 4 is 11.6 Å². The normalized spacial score (nSPS) is 15.5. The lowest BCUT2D eigenvalue weighted by Gasteiger charge is -2.28. The van der Waals surface area contributed by atoms with Gasteiger partial charge in [0.05, 0.1) is 31.1 Å². The van der Waals surface area contributed by atoms with Gasteiger partial charge in [-0.15, -0.1) is 0 Å². The van der Waals surface area contributed by atoms with E-state index in [9.17, 15) is 4.39 Å². The molecule has 7 nitrogen and oxygen atoms in total. The Kier molecular flexibility index (Phi) is 5.21. The van der Waals surface area contributed by atoms with Crippen LogP contribution >= 0.6 is 0 Å². The molecule has 1 aromatic carbocycles. The fourth-order valence-electron chi connectivity index (χ4n) is 3.38. The Morgan fingerprint density at radius 3 is 2.64 bits per heavy atom. The first kappa shape index (κ1) is 18.4. The number of hydrogen-bond donors (Lipinski definition) is 1. The highest BCUT2D eigenvalue weighted by Crippen LogP contribution is 2.24. The van der Waals surface area contributed by atoms with Crippen molar-refractivity contribution in [3.8, 4) is 5.69 Å². The van der Waals surface area contributed by atoms with Crippen LogP contribution in [0.1, 0.15) is 24.2 Å². The summed E-state index contributed by atoms with van der Waals surface area (Å²) in [5, 5.41) is 7.90. The number of nitrogens with zero attached hydrogens (tertiary/aromatic N) is 5. The summed E-state index contributed by atoms with van der Waals surface area (Å²) in [6, 6.07) is 8.27. The summed E-state index contributed by atoms with van der Waals surface area (Å²) in [7, 11) is 0. The molecule has 3 heterocycles. The van der Waals surface area contributed by atoms with Gasteiger partial charge < -0.3 is 15.0 Å². The first-order valence-corrected chi connectivity index (χ1v) is 9.33. The minimum absolute atomic E-state index is 0.00152. The molecule has 1 unspecified atom stereocenters. The molecule has 0 saturated carbocycles. The summed E-state index contributed by atoms with van der Waals surface area (Å²) in [6.07, 6.45) is 3.41. The molecule has 8 heteroatoms. The van der Waals surface area contributed by atoms with Gasteiger partial charge in [0, 0.05) is 30.4 Å². The number of morpholine rings is 1. The Bertz CT molecular complexity index is 936. The smallest absolute Gasteiger partial charge is 0.134 e. The first-order valence-electron chi connectivity index (χ1n) is 9.33. The second-order valence-corrected chi connectivity index (χ2v) is 6.80. The number of hydrogen-bond acceptors (Lipinski definition) is 6. The van der Waals surface area contributed by atoms with Gasteiger partial charge in [-0.3, -0.25) is 0 Å². The molecule has 3 aromatic rings. The van der Waals surface area contributed by atoms with Gasteiger partial charge in [-0.1, -0.05) is 0 Å². The van der Waals surface area contributed by atoms with Crippen LogP contribution in [0.5, 0.6) is 0 Å². The van der Waals surface area contributed by atoms with Crippen molar-refractivity contribution in [3.63, 3.8) is 0 Å². The van der Waals surface area contributed by atoms with Crippen LogP contribution in [0.4, 0.5) is 16.0 Å². The Labute approximate surface area is 163 Å². The van der Waals surface area contributed by atoms with Gasteiger partial charge in [0.2, 0.25) is 0 Å². The molecule has 1 aliphatic heterocycles. The fourth-order valence-corrected chi connectivity index (χ4v) is 3.38. The topological polar surface area (TPSA) is 68.1 Å². The number of anilines is 2. The lowest BCUT2D eigenvalue weighted by Crippen LogP contribution is -2.36. The van der Waals surface area contributed by atoms with Crippen LogP contribution in [-0.2, 0) is 4.74 Å². The third kappa shape index (κ3) is 3.82. The average molecular weight is 382 g/mol. The summed E-state index contributed by atoms with van der Waals surface area (Å²) >= 11 is 0. The highest BCUT2D eigenvalue weighted by molar-refractivity contribution is 5.50. The number of benzene rings is 1. The Hall–Kier alpha value is -3.00. The molecule has 0 amide bonds. The van der Waals surface area contributed by atoms with Crippen LogP contribution < -0.4 is 10.2 Å². The molecule has 0 spiro atoms. The zero-order valence-corrected chi connectivity index (χ0v) is 16.0. The highest BCUT2D eigenvalue weighted by atomic mass is 19.1. The van der Waals surface area contributed by atoms with E-state index in [0.29, 0.717) is 13.2 Å². The molecule has 0 aliphatic carbocycles. The lowest BCUT2D eigenvalue weighted by atomic mass is 10.1. The maximum atomic E-state index is 13.2. The van der Waals surface area contributed by atoms with Crippen molar-refractivity contribution < 1.29 is 9.13 Å². The Balaban J connectivity index is 1.51. The fraction of sp³-hybridized carbons (Fsp3) is 0.350. The van der Waals surface area contributed by atoms with Gasteiger partial charge in [0.25, 0.3) is 0 Å². The van der Waals surface area contributed by atoms with E-state index < -0.39 is 0 Å². The zero-order valence-electron chi connectivity index (χ0n) is 16.0. The van der Waals surface area contributed by atoms with Crippen LogP contribution in [0.3, 0.4) is 0 Å². The largest absolute Gasteiger partial charge is 0.378 e. The second kappa shape index (κ2) is 7.93. The van der Waals surface area contributed by atoms with Gasteiger partial charge in [0.1, 0.15) is 23.8 Å². The predicted octanol–water partition coefficient (Wildman–Crippen LogP) is 3.12. The number of halogens is 1. The van der Waals surface area contributed by atoms with Crippen molar-refractivity contribution in [1.82, 2.24) is 19.7 Å². The maximum Gasteiger partial charge on any atom is 0.134 e. The van der Waals surface area contributed by atoms with E-state index in [2.05, 4.69) is 32.2 Å². The SMILES string of the molecule is Cc1c(C(C)Nc2cc(N3CCOCC3)ncn2)cnn1-c1ccc(F)cc1. The van der Waals surface area contributed by atoms with Gasteiger partial charge in [-0.05, 0) is 38.1 Å². The predicted molar refractivity (Wildman–Crippen MR) is 105 cm³/mol. The molecular weight excluding hydrogens is 359 g/mol. The van der Waals surface area contributed by atoms with Crippen LogP contribution in [0.15, 0.2) is 42.9 Å². The Morgan fingerprint density at radius 1 is 1.14 bits per heavy atom. The molecule has 1 aliphatic rings. The third-order valence-corrected chi connectivity index (χ3v) is 4.94. The van der Waals surface area contributed by atoms with Crippen molar-refractivity contribution in [2.24, 2.45) is 0 Å². The number of ether oxygens (including phenoxy) is 1. The van der Waals surface area contributed by atoms with Crippen LogP contribution in [-0.4, -0.2) is 46.1 Å². The van der Waals surface area contributed by atoms with Gasteiger partial charge in [-0.2, -0.15) is 5.10 Å². The van der Waals surface area contributed by atoms with Gasteiger partial charge in [-0.25, -0.2) is 19.0 Å². The number of nitrogens with one attached hydrogen (secondary N) is 1. The molecule has 146 valence electrons. The summed E-state index contributed by atoms with van der Waals surface area (Å²) in [5.74, 6) is 1.40. The van der Waals surface area contributed by atoms with E-state index in [1.54, 1.807) is 18.5 Å². The number of rotatable bonds is 5. The summed E-state index contributed by atoms with van der Waals surface area (Å²) in [6.45, 7) is 7.15. The van der Waals surface area contributed by atoms with Crippen molar-refractivity contribution in [1.29, 1.82) is 0 Å². The van der Waals surface area contributed by atoms with E-state index in [1.165, 1.54) is 12.1 Å². The van der Waals surface area contributed by atoms with Crippen molar-refractivity contribution in [2.45, 2.75) is 19.9 Å². The molecule has 1 N–H and O–H groups in total. The average Bonchev–Trinajstić information content (AvgIpc) is 3.11. The molecule has 2 aromatic heterocycles. The molecule has 28 heavy (non-hydrogen) atoms. The summed E-state index contributed by atoms with van der Waals surface area (Å²) in [4.78, 5) is 10.9. The van der Waals surface area contributed by atoms with E-state index in [4.69, 9.17) is 4.74 Å². The van der Waals surface area contributed by atoms with E-state index in [1.807, 2.05) is 23.9 Å². The third-order valence-electron chi connectivity index (χ3n) is 4.94. The van der Waals surface area contributed by atoms with E-state index in [0.717, 1.165) is 41.7 Å². The van der Waals surface area contributed by atoms with Crippen LogP contribution in [0.2, 0.25) is 0 Å². The van der Waals surface area contributed by atoms with Crippen LogP contribution in [0, 0.1) is 12.7 Å². The first-order chi connectivity index (χ1) is 13.6. The minimum atomic E-state index is -0.261. The molecule has 0 bridgehead atoms. The minimum Gasteiger partial charge on any atom is -0.378 e. The second-order valence-electron chi connectivity index (χ2n) is 6.80. The Morgan fingerprint density at radius 2 is 1.89 bits per heavy atom. The number of aromatic nitrogens is 4. The van der Waals surface area contributed by atoms with E-state index in [-0.39, 0.29) is 11.9 Å². The molecule has 1 fully saturated rings. The molecule has 4 rings (SSSR count). The maximum absolute atomic E-state index is 13.2. The quantitative estimate of drug-likeness (QED) is 0.731. The van der Waals surface area contributed by atoms with Crippen molar-refractivity contribution in [3.05, 3.63) is 59.9 Å².